The summed E-state index contributed by atoms with van der Waals surface area (Å²) in [4.78, 5) is 4.10. The third-order valence-corrected chi connectivity index (χ3v) is 2.45. The summed E-state index contributed by atoms with van der Waals surface area (Å²) < 4.78 is 5.49. The second-order valence-corrected chi connectivity index (χ2v) is 3.28. The van der Waals surface area contributed by atoms with Crippen molar-refractivity contribution in [3.63, 3.8) is 0 Å². The highest BCUT2D eigenvalue weighted by Gasteiger charge is 2.12. The number of rotatable bonds is 0. The number of fused-ring (bicyclic) bond motifs is 2. The Morgan fingerprint density at radius 2 is 2.23 bits per heavy atom. The zero-order chi connectivity index (χ0) is 8.67. The average molecular weight is 171 g/mol. The summed E-state index contributed by atoms with van der Waals surface area (Å²) in [5, 5.41) is 2.41. The van der Waals surface area contributed by atoms with Gasteiger partial charge in [0.1, 0.15) is 5.75 Å². The molecule has 0 aliphatic carbocycles. The zero-order valence-corrected chi connectivity index (χ0v) is 7.16. The Hall–Kier alpha value is -1.57. The molecule has 0 amide bonds. The van der Waals surface area contributed by atoms with Gasteiger partial charge in [-0.1, -0.05) is 0 Å². The van der Waals surface area contributed by atoms with Gasteiger partial charge in [-0.05, 0) is 29.1 Å². The van der Waals surface area contributed by atoms with E-state index in [1.807, 2.05) is 18.5 Å². The normalized spacial score (nSPS) is 14.2. The Morgan fingerprint density at radius 3 is 3.23 bits per heavy atom. The molecule has 0 N–H and O–H groups in total. The molecule has 13 heavy (non-hydrogen) atoms. The van der Waals surface area contributed by atoms with E-state index in [1.165, 1.54) is 16.3 Å². The molecule has 0 spiro atoms. The van der Waals surface area contributed by atoms with Crippen LogP contribution in [0.1, 0.15) is 5.56 Å². The first-order chi connectivity index (χ1) is 6.43. The van der Waals surface area contributed by atoms with E-state index in [1.54, 1.807) is 0 Å². The minimum atomic E-state index is 0.819. The maximum absolute atomic E-state index is 5.49. The topological polar surface area (TPSA) is 22.1 Å². The maximum atomic E-state index is 5.49. The predicted molar refractivity (Wildman–Crippen MR) is 50.9 cm³/mol. The third kappa shape index (κ3) is 0.985. The van der Waals surface area contributed by atoms with Crippen molar-refractivity contribution in [3.8, 4) is 5.75 Å². The Kier molecular flexibility index (Phi) is 1.30. The molecule has 0 saturated carbocycles. The van der Waals surface area contributed by atoms with Crippen LogP contribution in [0.3, 0.4) is 0 Å². The molecule has 0 radical (unpaired) electrons. The highest BCUT2D eigenvalue weighted by Crippen LogP contribution is 2.29. The molecule has 0 atom stereocenters. The van der Waals surface area contributed by atoms with Crippen LogP contribution in [-0.4, -0.2) is 11.6 Å². The molecule has 1 aromatic heterocycles. The lowest BCUT2D eigenvalue weighted by atomic mass is 10.1. The highest BCUT2D eigenvalue weighted by molar-refractivity contribution is 5.84. The van der Waals surface area contributed by atoms with Crippen molar-refractivity contribution >= 4 is 10.8 Å². The van der Waals surface area contributed by atoms with Crippen molar-refractivity contribution in [3.05, 3.63) is 36.2 Å². The number of hydrogen-bond donors (Lipinski definition) is 0. The number of benzene rings is 1. The first-order valence-electron chi connectivity index (χ1n) is 4.43. The SMILES string of the molecule is c1cc2cc3c(cc2cn1)CCO3. The Labute approximate surface area is 76.2 Å². The van der Waals surface area contributed by atoms with Gasteiger partial charge in [0.05, 0.1) is 6.61 Å². The van der Waals surface area contributed by atoms with Crippen LogP contribution in [0, 0.1) is 0 Å². The van der Waals surface area contributed by atoms with Crippen LogP contribution in [0.15, 0.2) is 30.6 Å². The molecule has 3 rings (SSSR count). The molecule has 1 aliphatic heterocycles. The van der Waals surface area contributed by atoms with Crippen molar-refractivity contribution in [2.75, 3.05) is 6.61 Å². The summed E-state index contributed by atoms with van der Waals surface area (Å²) in [6.07, 6.45) is 4.73. The van der Waals surface area contributed by atoms with Crippen LogP contribution < -0.4 is 4.74 Å². The minimum Gasteiger partial charge on any atom is -0.493 e. The van der Waals surface area contributed by atoms with E-state index in [0.717, 1.165) is 18.8 Å². The Morgan fingerprint density at radius 1 is 1.23 bits per heavy atom. The van der Waals surface area contributed by atoms with E-state index in [0.29, 0.717) is 0 Å². The lowest BCUT2D eigenvalue weighted by Crippen LogP contribution is -1.85. The van der Waals surface area contributed by atoms with E-state index in [9.17, 15) is 0 Å². The summed E-state index contributed by atoms with van der Waals surface area (Å²) in [6, 6.07) is 6.28. The third-order valence-electron chi connectivity index (χ3n) is 2.45. The second kappa shape index (κ2) is 2.46. The van der Waals surface area contributed by atoms with Gasteiger partial charge in [-0.2, -0.15) is 0 Å². The Balaban J connectivity index is 2.36. The highest BCUT2D eigenvalue weighted by atomic mass is 16.5. The molecule has 1 aliphatic rings. The van der Waals surface area contributed by atoms with Gasteiger partial charge >= 0.3 is 0 Å². The van der Waals surface area contributed by atoms with Gasteiger partial charge in [0.15, 0.2) is 0 Å². The number of nitrogens with zero attached hydrogens (tertiary/aromatic N) is 1. The molecule has 0 saturated heterocycles. The lowest BCUT2D eigenvalue weighted by Gasteiger charge is -2.01. The minimum absolute atomic E-state index is 0.819. The van der Waals surface area contributed by atoms with Gasteiger partial charge in [0.25, 0.3) is 0 Å². The van der Waals surface area contributed by atoms with Crippen molar-refractivity contribution in [1.82, 2.24) is 4.98 Å². The second-order valence-electron chi connectivity index (χ2n) is 3.28. The molecule has 1 aromatic carbocycles. The summed E-state index contributed by atoms with van der Waals surface area (Å²) >= 11 is 0. The molecule has 2 aromatic rings. The largest absolute Gasteiger partial charge is 0.493 e. The maximum Gasteiger partial charge on any atom is 0.123 e. The summed E-state index contributed by atoms with van der Waals surface area (Å²) in [5.41, 5.74) is 1.31. The van der Waals surface area contributed by atoms with E-state index in [-0.39, 0.29) is 0 Å². The molecule has 2 nitrogen and oxygen atoms in total. The van der Waals surface area contributed by atoms with Crippen LogP contribution in [0.2, 0.25) is 0 Å². The van der Waals surface area contributed by atoms with Crippen LogP contribution >= 0.6 is 0 Å². The fourth-order valence-electron chi connectivity index (χ4n) is 1.76. The first kappa shape index (κ1) is 6.89. The number of hydrogen-bond acceptors (Lipinski definition) is 2. The van der Waals surface area contributed by atoms with E-state index < -0.39 is 0 Å². The number of pyridine rings is 1. The van der Waals surface area contributed by atoms with Crippen molar-refractivity contribution < 1.29 is 4.74 Å². The van der Waals surface area contributed by atoms with Gasteiger partial charge in [0.2, 0.25) is 0 Å². The summed E-state index contributed by atoms with van der Waals surface area (Å²) in [5.74, 6) is 1.04. The van der Waals surface area contributed by atoms with E-state index in [4.69, 9.17) is 4.74 Å². The van der Waals surface area contributed by atoms with Crippen LogP contribution in [0.25, 0.3) is 10.8 Å². The van der Waals surface area contributed by atoms with Gasteiger partial charge in [-0.25, -0.2) is 0 Å². The zero-order valence-electron chi connectivity index (χ0n) is 7.16. The molecular formula is C11H9NO. The van der Waals surface area contributed by atoms with Gasteiger partial charge in [-0.3, -0.25) is 4.98 Å². The number of ether oxygens (including phenoxy) is 1. The smallest absolute Gasteiger partial charge is 0.123 e. The van der Waals surface area contributed by atoms with E-state index in [2.05, 4.69) is 17.1 Å². The Bertz CT molecular complexity index is 422. The fraction of sp³-hybridized carbons (Fsp3) is 0.182. The molecule has 0 fully saturated rings. The summed E-state index contributed by atoms with van der Waals surface area (Å²) in [7, 11) is 0. The molecule has 64 valence electrons. The molecule has 0 bridgehead atoms. The average Bonchev–Trinajstić information content (AvgIpc) is 2.61. The molecular weight excluding hydrogens is 162 g/mol. The standard InChI is InChI=1S/C11H9NO/c1-3-12-7-10-5-9-2-4-13-11(9)6-8(1)10/h1,3,5-7H,2,4H2. The van der Waals surface area contributed by atoms with Crippen molar-refractivity contribution in [2.45, 2.75) is 6.42 Å². The summed E-state index contributed by atoms with van der Waals surface area (Å²) in [6.45, 7) is 0.819. The molecule has 2 heterocycles. The van der Waals surface area contributed by atoms with E-state index >= 15 is 0 Å². The first-order valence-corrected chi connectivity index (χ1v) is 4.43. The predicted octanol–water partition coefficient (Wildman–Crippen LogP) is 2.17. The number of aromatic nitrogens is 1. The van der Waals surface area contributed by atoms with Gasteiger partial charge in [-0.15, -0.1) is 0 Å². The van der Waals surface area contributed by atoms with Crippen LogP contribution in [-0.2, 0) is 6.42 Å². The molecule has 0 unspecified atom stereocenters. The van der Waals surface area contributed by atoms with Crippen molar-refractivity contribution in [2.24, 2.45) is 0 Å². The lowest BCUT2D eigenvalue weighted by molar-refractivity contribution is 0.357. The van der Waals surface area contributed by atoms with Gasteiger partial charge < -0.3 is 4.74 Å². The van der Waals surface area contributed by atoms with Crippen molar-refractivity contribution in [1.29, 1.82) is 0 Å². The monoisotopic (exact) mass is 171 g/mol. The molecule has 2 heteroatoms. The quantitative estimate of drug-likeness (QED) is 0.606. The van der Waals surface area contributed by atoms with Crippen LogP contribution in [0.5, 0.6) is 5.75 Å². The van der Waals surface area contributed by atoms with Gasteiger partial charge in [0, 0.05) is 24.2 Å². The fourth-order valence-corrected chi connectivity index (χ4v) is 1.76. The van der Waals surface area contributed by atoms with Crippen LogP contribution in [0.4, 0.5) is 0 Å².